The molecule has 1 saturated heterocycles. The number of hydrogen-bond donors (Lipinski definition) is 4. The van der Waals surface area contributed by atoms with Gasteiger partial charge in [0.05, 0.1) is 17.4 Å². The minimum Gasteiger partial charge on any atom is -0.383 e. The van der Waals surface area contributed by atoms with Gasteiger partial charge in [0, 0.05) is 44.8 Å². The largest absolute Gasteiger partial charge is 0.383 e. The van der Waals surface area contributed by atoms with Gasteiger partial charge in [0.15, 0.2) is 0 Å². The zero-order valence-corrected chi connectivity index (χ0v) is 25.8. The van der Waals surface area contributed by atoms with E-state index in [9.17, 15) is 4.79 Å². The monoisotopic (exact) mass is 593 g/mol. The van der Waals surface area contributed by atoms with Crippen molar-refractivity contribution < 1.29 is 4.79 Å². The Morgan fingerprint density at radius 1 is 0.886 bits per heavy atom. The SMILES string of the molecule is CCNc1nc(NCc2ccccc2)nc(N2CCN(c3ccc(C(N)=O)cc3NCC(C)C)CC2Cc2ccccc2)n1. The number of amides is 1. The Hall–Kier alpha value is -4.86. The van der Waals surface area contributed by atoms with Crippen molar-refractivity contribution in [3.63, 3.8) is 0 Å². The zero-order chi connectivity index (χ0) is 30.9. The molecule has 1 atom stereocenters. The first-order valence-corrected chi connectivity index (χ1v) is 15.4. The number of primary amides is 1. The molecule has 4 aromatic rings. The summed E-state index contributed by atoms with van der Waals surface area (Å²) in [6, 6.07) is 26.5. The molecule has 0 aliphatic carbocycles. The van der Waals surface area contributed by atoms with E-state index in [0.29, 0.717) is 49.0 Å². The summed E-state index contributed by atoms with van der Waals surface area (Å²) in [5.41, 5.74) is 10.5. The average Bonchev–Trinajstić information content (AvgIpc) is 3.03. The quantitative estimate of drug-likeness (QED) is 0.169. The van der Waals surface area contributed by atoms with E-state index in [0.717, 1.165) is 43.0 Å². The van der Waals surface area contributed by atoms with E-state index in [1.165, 1.54) is 5.56 Å². The first kappa shape index (κ1) is 30.6. The van der Waals surface area contributed by atoms with Crippen LogP contribution in [0.15, 0.2) is 78.9 Å². The van der Waals surface area contributed by atoms with Crippen LogP contribution in [0.5, 0.6) is 0 Å². The number of nitrogens with two attached hydrogens (primary N) is 1. The van der Waals surface area contributed by atoms with Crippen molar-refractivity contribution >= 4 is 35.1 Å². The molecule has 10 heteroatoms. The van der Waals surface area contributed by atoms with Crippen LogP contribution in [-0.4, -0.2) is 59.6 Å². The molecule has 0 bridgehead atoms. The zero-order valence-electron chi connectivity index (χ0n) is 25.8. The van der Waals surface area contributed by atoms with Crippen molar-refractivity contribution in [1.29, 1.82) is 0 Å². The number of nitrogens with one attached hydrogen (secondary N) is 3. The summed E-state index contributed by atoms with van der Waals surface area (Å²) in [7, 11) is 0. The van der Waals surface area contributed by atoms with Crippen LogP contribution < -0.4 is 31.5 Å². The highest BCUT2D eigenvalue weighted by Gasteiger charge is 2.31. The molecule has 1 fully saturated rings. The van der Waals surface area contributed by atoms with Gasteiger partial charge in [-0.25, -0.2) is 0 Å². The van der Waals surface area contributed by atoms with Gasteiger partial charge in [0.2, 0.25) is 23.8 Å². The maximum absolute atomic E-state index is 12.0. The highest BCUT2D eigenvalue weighted by atomic mass is 16.1. The number of hydrogen-bond acceptors (Lipinski definition) is 9. The molecule has 10 nitrogen and oxygen atoms in total. The number of piperazine rings is 1. The molecule has 1 unspecified atom stereocenters. The molecule has 5 N–H and O–H groups in total. The van der Waals surface area contributed by atoms with Crippen molar-refractivity contribution in [3.05, 3.63) is 95.6 Å². The molecule has 0 spiro atoms. The Bertz CT molecular complexity index is 1510. The van der Waals surface area contributed by atoms with E-state index < -0.39 is 5.91 Å². The summed E-state index contributed by atoms with van der Waals surface area (Å²) in [5, 5.41) is 10.2. The summed E-state index contributed by atoms with van der Waals surface area (Å²) in [6.45, 7) is 10.7. The number of anilines is 5. The lowest BCUT2D eigenvalue weighted by molar-refractivity contribution is 0.100. The summed E-state index contributed by atoms with van der Waals surface area (Å²) >= 11 is 0. The van der Waals surface area contributed by atoms with Gasteiger partial charge in [-0.05, 0) is 48.6 Å². The molecular formula is C34H43N9O. The van der Waals surface area contributed by atoms with Crippen LogP contribution in [0.4, 0.5) is 29.2 Å². The molecule has 5 rings (SSSR count). The summed E-state index contributed by atoms with van der Waals surface area (Å²) < 4.78 is 0. The first-order valence-electron chi connectivity index (χ1n) is 15.4. The molecule has 3 aromatic carbocycles. The van der Waals surface area contributed by atoms with Crippen molar-refractivity contribution in [1.82, 2.24) is 15.0 Å². The van der Waals surface area contributed by atoms with Gasteiger partial charge in [0.1, 0.15) is 0 Å². The molecule has 1 aliphatic heterocycles. The van der Waals surface area contributed by atoms with E-state index >= 15 is 0 Å². The van der Waals surface area contributed by atoms with E-state index in [2.05, 4.69) is 81.0 Å². The molecular weight excluding hydrogens is 550 g/mol. The third kappa shape index (κ3) is 7.94. The maximum atomic E-state index is 12.0. The molecule has 44 heavy (non-hydrogen) atoms. The van der Waals surface area contributed by atoms with Crippen molar-refractivity contribution in [2.75, 3.05) is 58.5 Å². The van der Waals surface area contributed by atoms with Crippen LogP contribution in [0.2, 0.25) is 0 Å². The fourth-order valence-corrected chi connectivity index (χ4v) is 5.41. The molecule has 2 heterocycles. The number of rotatable bonds is 13. The summed E-state index contributed by atoms with van der Waals surface area (Å²) in [6.07, 6.45) is 0.820. The number of carbonyl (C=O) groups is 1. The second-order valence-electron chi connectivity index (χ2n) is 11.5. The Balaban J connectivity index is 1.45. The normalized spacial score (nSPS) is 14.9. The smallest absolute Gasteiger partial charge is 0.248 e. The van der Waals surface area contributed by atoms with Gasteiger partial charge in [-0.2, -0.15) is 15.0 Å². The Labute approximate surface area is 260 Å². The summed E-state index contributed by atoms with van der Waals surface area (Å²) in [5.74, 6) is 1.75. The van der Waals surface area contributed by atoms with Crippen LogP contribution in [0.25, 0.3) is 0 Å². The van der Waals surface area contributed by atoms with E-state index in [1.54, 1.807) is 0 Å². The van der Waals surface area contributed by atoms with Crippen LogP contribution in [0.1, 0.15) is 42.3 Å². The maximum Gasteiger partial charge on any atom is 0.248 e. The minimum atomic E-state index is -0.432. The lowest BCUT2D eigenvalue weighted by atomic mass is 10.0. The van der Waals surface area contributed by atoms with Gasteiger partial charge in [-0.1, -0.05) is 74.5 Å². The van der Waals surface area contributed by atoms with Gasteiger partial charge >= 0.3 is 0 Å². The van der Waals surface area contributed by atoms with E-state index in [4.69, 9.17) is 15.7 Å². The van der Waals surface area contributed by atoms with Gasteiger partial charge in [-0.15, -0.1) is 0 Å². The molecule has 0 radical (unpaired) electrons. The third-order valence-electron chi connectivity index (χ3n) is 7.63. The molecule has 1 aromatic heterocycles. The number of nitrogens with zero attached hydrogens (tertiary/aromatic N) is 5. The predicted molar refractivity (Wildman–Crippen MR) is 180 cm³/mol. The standard InChI is InChI=1S/C34H43N9O/c1-4-36-32-39-33(38-22-26-13-9-6-10-14-26)41-34(40-32)43-18-17-42(23-28(43)19-25-11-7-5-8-12-25)30-16-15-27(31(35)44)20-29(30)37-21-24(2)3/h5-16,20,24,28,37H,4,17-19,21-23H2,1-3H3,(H2,35,44)(H2,36,38,39,40,41). The topological polar surface area (TPSA) is 124 Å². The Morgan fingerprint density at radius 3 is 2.23 bits per heavy atom. The highest BCUT2D eigenvalue weighted by Crippen LogP contribution is 2.31. The van der Waals surface area contributed by atoms with E-state index in [1.807, 2.05) is 49.4 Å². The number of carbonyl (C=O) groups excluding carboxylic acids is 1. The Kier molecular flexibility index (Phi) is 10.1. The third-order valence-corrected chi connectivity index (χ3v) is 7.63. The lowest BCUT2D eigenvalue weighted by Crippen LogP contribution is -2.55. The van der Waals surface area contributed by atoms with Gasteiger partial charge in [-0.3, -0.25) is 4.79 Å². The summed E-state index contributed by atoms with van der Waals surface area (Å²) in [4.78, 5) is 31.1. The second-order valence-corrected chi connectivity index (χ2v) is 11.5. The highest BCUT2D eigenvalue weighted by molar-refractivity contribution is 5.95. The fourth-order valence-electron chi connectivity index (χ4n) is 5.41. The number of aromatic nitrogens is 3. The van der Waals surface area contributed by atoms with Crippen LogP contribution in [0.3, 0.4) is 0 Å². The van der Waals surface area contributed by atoms with Crippen LogP contribution >= 0.6 is 0 Å². The van der Waals surface area contributed by atoms with Gasteiger partial charge in [0.25, 0.3) is 0 Å². The van der Waals surface area contributed by atoms with E-state index in [-0.39, 0.29) is 6.04 Å². The minimum absolute atomic E-state index is 0.0822. The first-order chi connectivity index (χ1) is 21.4. The van der Waals surface area contributed by atoms with Gasteiger partial charge < -0.3 is 31.5 Å². The Morgan fingerprint density at radius 2 is 1.57 bits per heavy atom. The predicted octanol–water partition coefficient (Wildman–Crippen LogP) is 5.02. The average molecular weight is 594 g/mol. The van der Waals surface area contributed by atoms with Crippen molar-refractivity contribution in [2.45, 2.75) is 39.8 Å². The van der Waals surface area contributed by atoms with Crippen LogP contribution in [-0.2, 0) is 13.0 Å². The molecule has 0 saturated carbocycles. The lowest BCUT2D eigenvalue weighted by Gasteiger charge is -2.43. The fraction of sp³-hybridized carbons (Fsp3) is 0.353. The second kappa shape index (κ2) is 14.5. The molecule has 1 aliphatic rings. The van der Waals surface area contributed by atoms with Crippen LogP contribution in [0, 0.1) is 5.92 Å². The molecule has 230 valence electrons. The molecule has 1 amide bonds. The number of benzene rings is 3. The van der Waals surface area contributed by atoms with Crippen molar-refractivity contribution in [3.8, 4) is 0 Å². The van der Waals surface area contributed by atoms with Crippen molar-refractivity contribution in [2.24, 2.45) is 11.7 Å².